The second kappa shape index (κ2) is 8.60. The lowest BCUT2D eigenvalue weighted by molar-refractivity contribution is -0.308. The third-order valence-electron chi connectivity index (χ3n) is 6.60. The molecule has 0 fully saturated rings. The molecule has 1 atom stereocenters. The van der Waals surface area contributed by atoms with Gasteiger partial charge in [-0.15, -0.1) is 0 Å². The molecule has 3 N–H and O–H groups in total. The Morgan fingerprint density at radius 2 is 1.92 bits per heavy atom. The molecule has 184 valence electrons. The molecule has 9 nitrogen and oxygen atoms in total. The molecule has 0 saturated heterocycles. The highest BCUT2D eigenvalue weighted by atomic mass is 16.4. The Labute approximate surface area is 204 Å². The van der Waals surface area contributed by atoms with E-state index in [1.54, 1.807) is 31.5 Å². The highest BCUT2D eigenvalue weighted by molar-refractivity contribution is 6.07. The number of hydrogen-bond acceptors (Lipinski definition) is 7. The molecule has 0 radical (unpaired) electrons. The van der Waals surface area contributed by atoms with E-state index in [0.717, 1.165) is 16.5 Å². The van der Waals surface area contributed by atoms with Gasteiger partial charge in [0.2, 0.25) is 5.91 Å². The van der Waals surface area contributed by atoms with Gasteiger partial charge in [-0.3, -0.25) is 4.79 Å². The van der Waals surface area contributed by atoms with Crippen molar-refractivity contribution >= 4 is 44.7 Å². The van der Waals surface area contributed by atoms with Crippen molar-refractivity contribution < 1.29 is 28.6 Å². The minimum absolute atomic E-state index is 0.0342. The van der Waals surface area contributed by atoms with Gasteiger partial charge in [0.1, 0.15) is 16.9 Å². The molecule has 36 heavy (non-hydrogen) atoms. The van der Waals surface area contributed by atoms with Crippen LogP contribution in [-0.2, 0) is 22.4 Å². The van der Waals surface area contributed by atoms with Gasteiger partial charge in [0.05, 0.1) is 35.6 Å². The minimum Gasteiger partial charge on any atom is -0.548 e. The monoisotopic (exact) mass is 487 g/mol. The van der Waals surface area contributed by atoms with Gasteiger partial charge < -0.3 is 34.1 Å². The molecule has 0 spiro atoms. The summed E-state index contributed by atoms with van der Waals surface area (Å²) >= 11 is 0. The molecule has 1 amide bonds. The zero-order valence-electron chi connectivity index (χ0n) is 19.9. The fourth-order valence-corrected chi connectivity index (χ4v) is 4.83. The van der Waals surface area contributed by atoms with Crippen molar-refractivity contribution in [3.8, 4) is 5.75 Å². The summed E-state index contributed by atoms with van der Waals surface area (Å²) < 4.78 is 11.3. The quantitative estimate of drug-likeness (QED) is 0.312. The van der Waals surface area contributed by atoms with Crippen molar-refractivity contribution in [1.82, 2.24) is 10.3 Å². The van der Waals surface area contributed by atoms with Gasteiger partial charge in [0.25, 0.3) is 0 Å². The number of amides is 1. The molecule has 0 aliphatic carbocycles. The molecule has 2 aromatic carbocycles. The first kappa shape index (κ1) is 23.2. The number of fused-ring (bicyclic) bond motifs is 4. The molecular weight excluding hydrogens is 464 g/mol. The summed E-state index contributed by atoms with van der Waals surface area (Å²) in [6.45, 7) is 5.53. The Hall–Kier alpha value is -4.53. The Bertz CT molecular complexity index is 1740. The number of aliphatic carboxylic acids is 1. The lowest BCUT2D eigenvalue weighted by Crippen LogP contribution is -2.49. The van der Waals surface area contributed by atoms with Gasteiger partial charge in [-0.05, 0) is 67.3 Å². The Morgan fingerprint density at radius 1 is 1.14 bits per heavy atom. The van der Waals surface area contributed by atoms with Crippen molar-refractivity contribution in [3.63, 3.8) is 0 Å². The lowest BCUT2D eigenvalue weighted by atomic mass is 9.98. The van der Waals surface area contributed by atoms with Crippen LogP contribution in [0.2, 0.25) is 0 Å². The number of aromatic hydroxyl groups is 1. The average molecular weight is 487 g/mol. The van der Waals surface area contributed by atoms with Crippen LogP contribution >= 0.6 is 0 Å². The third kappa shape index (κ3) is 3.88. The maximum absolute atomic E-state index is 12.9. The van der Waals surface area contributed by atoms with Gasteiger partial charge in [0.15, 0.2) is 0 Å². The predicted molar refractivity (Wildman–Crippen MR) is 131 cm³/mol. The summed E-state index contributed by atoms with van der Waals surface area (Å²) in [5.41, 5.74) is 4.05. The first-order valence-corrected chi connectivity index (χ1v) is 11.4. The molecule has 0 saturated carbocycles. The van der Waals surface area contributed by atoms with Crippen molar-refractivity contribution in [2.45, 2.75) is 39.7 Å². The summed E-state index contributed by atoms with van der Waals surface area (Å²) in [5.74, 6) is -2.10. The number of aromatic nitrogens is 1. The molecule has 3 aromatic heterocycles. The maximum Gasteiger partial charge on any atom is 0.340 e. The van der Waals surface area contributed by atoms with Crippen molar-refractivity contribution in [3.05, 3.63) is 75.0 Å². The predicted octanol–water partition coefficient (Wildman–Crippen LogP) is 2.67. The fraction of sp³-hybridized carbons (Fsp3) is 0.222. The number of hydrogen-bond donors (Lipinski definition) is 3. The first-order valence-electron chi connectivity index (χ1n) is 11.4. The number of carbonyl (C=O) groups is 2. The van der Waals surface area contributed by atoms with Gasteiger partial charge in [-0.25, -0.2) is 4.79 Å². The van der Waals surface area contributed by atoms with Gasteiger partial charge in [-0.1, -0.05) is 0 Å². The zero-order chi connectivity index (χ0) is 25.7. The zero-order valence-corrected chi connectivity index (χ0v) is 19.9. The molecule has 0 bridgehead atoms. The number of aromatic amines is 1. The minimum atomic E-state index is -1.47. The number of phenols is 1. The van der Waals surface area contributed by atoms with E-state index < -0.39 is 23.5 Å². The largest absolute Gasteiger partial charge is 0.548 e. The summed E-state index contributed by atoms with van der Waals surface area (Å²) in [6, 6.07) is 5.11. The number of benzene rings is 2. The normalized spacial score (nSPS) is 12.4. The number of carbonyl (C=O) groups excluding carboxylic acids is 2. The highest BCUT2D eigenvalue weighted by Crippen LogP contribution is 2.34. The number of nitrogens with one attached hydrogen (secondary N) is 2. The molecule has 0 aliphatic heterocycles. The van der Waals surface area contributed by atoms with Crippen molar-refractivity contribution in [2.75, 3.05) is 0 Å². The van der Waals surface area contributed by atoms with E-state index in [0.29, 0.717) is 38.6 Å². The number of H-pyrrole nitrogens is 1. The second-order valence-electron chi connectivity index (χ2n) is 9.05. The third-order valence-corrected chi connectivity index (χ3v) is 6.60. The van der Waals surface area contributed by atoms with Crippen molar-refractivity contribution in [2.24, 2.45) is 0 Å². The van der Waals surface area contributed by atoms with E-state index in [1.165, 1.54) is 12.1 Å². The Morgan fingerprint density at radius 3 is 2.67 bits per heavy atom. The average Bonchev–Trinajstić information content (AvgIpc) is 3.39. The van der Waals surface area contributed by atoms with E-state index in [4.69, 9.17) is 8.83 Å². The van der Waals surface area contributed by atoms with Crippen LogP contribution in [0.15, 0.2) is 50.4 Å². The first-order chi connectivity index (χ1) is 17.1. The van der Waals surface area contributed by atoms with Crippen LogP contribution in [0.4, 0.5) is 0 Å². The SMILES string of the molecule is Cc1coc2c1c(C)cc1oc(=O)c(CC(=O)N[C@@H](Cc3c[nH]c4ccc(O)cc34)C(=O)[O-])c(C)c12. The van der Waals surface area contributed by atoms with Gasteiger partial charge in [-0.2, -0.15) is 0 Å². The summed E-state index contributed by atoms with van der Waals surface area (Å²) in [7, 11) is 0. The Balaban J connectivity index is 1.45. The number of aryl methyl sites for hydroxylation is 3. The van der Waals surface area contributed by atoms with Crippen LogP contribution in [0.1, 0.15) is 27.8 Å². The molecular formula is C27H23N2O7-. The van der Waals surface area contributed by atoms with Gasteiger partial charge >= 0.3 is 5.63 Å². The summed E-state index contributed by atoms with van der Waals surface area (Å²) in [6.07, 6.45) is 2.79. The smallest absolute Gasteiger partial charge is 0.340 e. The number of phenolic OH excluding ortho intramolecular Hbond substituents is 1. The van der Waals surface area contributed by atoms with E-state index in [2.05, 4.69) is 10.3 Å². The number of furan rings is 1. The number of carboxylic acids is 1. The second-order valence-corrected chi connectivity index (χ2v) is 9.05. The molecule has 0 unspecified atom stereocenters. The lowest BCUT2D eigenvalue weighted by Gasteiger charge is -2.20. The molecule has 0 aliphatic rings. The van der Waals surface area contributed by atoms with Crippen molar-refractivity contribution in [1.29, 1.82) is 0 Å². The Kier molecular flexibility index (Phi) is 5.55. The molecule has 9 heteroatoms. The van der Waals surface area contributed by atoms with Crippen LogP contribution in [0.25, 0.3) is 32.8 Å². The van der Waals surface area contributed by atoms with E-state index in [-0.39, 0.29) is 24.2 Å². The van der Waals surface area contributed by atoms with Gasteiger partial charge in [0, 0.05) is 28.9 Å². The fourth-order valence-electron chi connectivity index (χ4n) is 4.83. The van der Waals surface area contributed by atoms with Crippen LogP contribution in [0.3, 0.4) is 0 Å². The number of rotatable bonds is 6. The van der Waals surface area contributed by atoms with E-state index in [1.807, 2.05) is 13.8 Å². The molecule has 5 rings (SSSR count). The molecule has 5 aromatic rings. The number of carboxylic acid groups (broad SMARTS) is 1. The van der Waals surface area contributed by atoms with Crippen LogP contribution in [-0.4, -0.2) is 28.0 Å². The van der Waals surface area contributed by atoms with Crippen LogP contribution in [0.5, 0.6) is 5.75 Å². The molecule has 3 heterocycles. The summed E-state index contributed by atoms with van der Waals surface area (Å²) in [5, 5.41) is 26.2. The standard InChI is InChI=1S/C27H24N2O7/c1-12-6-21-24(25-23(12)13(2)11-35-25)14(3)17(27(34)36-21)9-22(31)29-20(26(32)33)7-15-10-28-19-5-4-16(30)8-18(15)19/h4-6,8,10-11,20,28,30H,7,9H2,1-3H3,(H,29,31)(H,32,33)/p-1/t20-/m0/s1. The summed E-state index contributed by atoms with van der Waals surface area (Å²) in [4.78, 5) is 40.5. The van der Waals surface area contributed by atoms with E-state index in [9.17, 15) is 24.6 Å². The highest BCUT2D eigenvalue weighted by Gasteiger charge is 2.22. The maximum atomic E-state index is 12.9. The van der Waals surface area contributed by atoms with Crippen LogP contribution < -0.4 is 16.0 Å². The van der Waals surface area contributed by atoms with Crippen LogP contribution in [0, 0.1) is 20.8 Å². The topological polar surface area (TPSA) is 149 Å². The van der Waals surface area contributed by atoms with E-state index >= 15 is 0 Å².